The number of aliphatic hydroxyl groups is 1. The summed E-state index contributed by atoms with van der Waals surface area (Å²) in [5, 5.41) is 8.46. The second-order valence-corrected chi connectivity index (χ2v) is 2.25. The lowest BCUT2D eigenvalue weighted by Crippen LogP contribution is -2.10. The third kappa shape index (κ3) is 4.56. The molecule has 0 aliphatic heterocycles. The maximum Gasteiger partial charge on any atom is 0.335 e. The van der Waals surface area contributed by atoms with Crippen LogP contribution in [0.2, 0.25) is 0 Å². The van der Waals surface area contributed by atoms with E-state index in [9.17, 15) is 4.79 Å². The summed E-state index contributed by atoms with van der Waals surface area (Å²) in [6.07, 6.45) is 1.84. The van der Waals surface area contributed by atoms with Crippen LogP contribution in [-0.2, 0) is 9.53 Å². The van der Waals surface area contributed by atoms with Crippen molar-refractivity contribution >= 4 is 5.97 Å². The van der Waals surface area contributed by atoms with E-state index in [-0.39, 0.29) is 12.2 Å². The molecule has 0 aliphatic rings. The molecular weight excluding hydrogens is 144 g/mol. The van der Waals surface area contributed by atoms with Gasteiger partial charge in [-0.2, -0.15) is 0 Å². The third-order valence-corrected chi connectivity index (χ3v) is 1.21. The fraction of sp³-hybridized carbons (Fsp3) is 0.625. The lowest BCUT2D eigenvalue weighted by Gasteiger charge is -2.02. The number of aliphatic hydroxyl groups excluding tert-OH is 1. The minimum atomic E-state index is -0.499. The molecule has 0 aromatic heterocycles. The maximum atomic E-state index is 10.8. The molecule has 11 heavy (non-hydrogen) atoms. The van der Waals surface area contributed by atoms with Crippen LogP contribution in [0.25, 0.3) is 0 Å². The molecule has 0 unspecified atom stereocenters. The molecule has 0 saturated heterocycles. The first-order valence-corrected chi connectivity index (χ1v) is 3.68. The van der Waals surface area contributed by atoms with Crippen LogP contribution in [0.1, 0.15) is 19.8 Å². The molecule has 3 heteroatoms. The van der Waals surface area contributed by atoms with Crippen molar-refractivity contribution in [3.8, 4) is 0 Å². The molecule has 0 aliphatic carbocycles. The van der Waals surface area contributed by atoms with Gasteiger partial charge in [-0.05, 0) is 6.42 Å². The zero-order valence-corrected chi connectivity index (χ0v) is 6.80. The van der Waals surface area contributed by atoms with Crippen molar-refractivity contribution in [3.63, 3.8) is 0 Å². The molecule has 0 spiro atoms. The van der Waals surface area contributed by atoms with Crippen molar-refractivity contribution in [2.75, 3.05) is 13.2 Å². The minimum Gasteiger partial charge on any atom is -0.462 e. The Morgan fingerprint density at radius 3 is 2.73 bits per heavy atom. The van der Waals surface area contributed by atoms with Gasteiger partial charge in [-0.1, -0.05) is 19.9 Å². The van der Waals surface area contributed by atoms with Crippen LogP contribution in [0.5, 0.6) is 0 Å². The van der Waals surface area contributed by atoms with Gasteiger partial charge < -0.3 is 9.84 Å². The average molecular weight is 158 g/mol. The first-order valence-electron chi connectivity index (χ1n) is 3.68. The van der Waals surface area contributed by atoms with Crippen LogP contribution in [0.3, 0.4) is 0 Å². The monoisotopic (exact) mass is 158 g/mol. The van der Waals surface area contributed by atoms with Gasteiger partial charge >= 0.3 is 5.97 Å². The smallest absolute Gasteiger partial charge is 0.335 e. The van der Waals surface area contributed by atoms with Gasteiger partial charge in [0.1, 0.15) is 0 Å². The molecule has 64 valence electrons. The second kappa shape index (κ2) is 5.92. The molecule has 0 saturated carbocycles. The van der Waals surface area contributed by atoms with Crippen LogP contribution >= 0.6 is 0 Å². The summed E-state index contributed by atoms with van der Waals surface area (Å²) in [6.45, 7) is 5.42. The summed E-state index contributed by atoms with van der Waals surface area (Å²) < 4.78 is 4.74. The number of hydrogen-bond donors (Lipinski definition) is 1. The number of ether oxygens (including phenoxy) is 1. The summed E-state index contributed by atoms with van der Waals surface area (Å²) in [7, 11) is 0. The minimum absolute atomic E-state index is 0.112. The SMILES string of the molecule is C=C(CO)C(=O)OCCCC. The van der Waals surface area contributed by atoms with Crippen LogP contribution in [0.15, 0.2) is 12.2 Å². The van der Waals surface area contributed by atoms with Gasteiger partial charge in [0.15, 0.2) is 0 Å². The first-order chi connectivity index (χ1) is 5.22. The molecule has 0 aromatic rings. The highest BCUT2D eigenvalue weighted by Crippen LogP contribution is 1.95. The van der Waals surface area contributed by atoms with Crippen molar-refractivity contribution < 1.29 is 14.6 Å². The Morgan fingerprint density at radius 2 is 2.27 bits per heavy atom. The van der Waals surface area contributed by atoms with Gasteiger partial charge in [-0.15, -0.1) is 0 Å². The summed E-state index contributed by atoms with van der Waals surface area (Å²) in [5.74, 6) is -0.499. The highest BCUT2D eigenvalue weighted by atomic mass is 16.5. The van der Waals surface area contributed by atoms with Crippen molar-refractivity contribution in [2.45, 2.75) is 19.8 Å². The molecule has 0 atom stereocenters. The lowest BCUT2D eigenvalue weighted by atomic mass is 10.3. The first kappa shape index (κ1) is 10.2. The topological polar surface area (TPSA) is 46.5 Å². The maximum absolute atomic E-state index is 10.8. The molecule has 0 bridgehead atoms. The van der Waals surface area contributed by atoms with Crippen LogP contribution in [-0.4, -0.2) is 24.3 Å². The van der Waals surface area contributed by atoms with E-state index in [0.29, 0.717) is 6.61 Å². The quantitative estimate of drug-likeness (QED) is 0.367. The molecule has 0 fully saturated rings. The van der Waals surface area contributed by atoms with Crippen molar-refractivity contribution in [3.05, 3.63) is 12.2 Å². The molecule has 0 aromatic carbocycles. The molecular formula is C8H14O3. The number of rotatable bonds is 5. The van der Waals surface area contributed by atoms with E-state index >= 15 is 0 Å². The number of carbonyl (C=O) groups excluding carboxylic acids is 1. The number of esters is 1. The Kier molecular flexibility index (Phi) is 5.47. The van der Waals surface area contributed by atoms with Gasteiger partial charge in [-0.3, -0.25) is 0 Å². The fourth-order valence-electron chi connectivity index (χ4n) is 0.476. The summed E-state index contributed by atoms with van der Waals surface area (Å²) in [6, 6.07) is 0. The van der Waals surface area contributed by atoms with E-state index in [2.05, 4.69) is 6.58 Å². The zero-order chi connectivity index (χ0) is 8.69. The molecule has 0 amide bonds. The summed E-state index contributed by atoms with van der Waals surface area (Å²) >= 11 is 0. The molecule has 0 heterocycles. The van der Waals surface area contributed by atoms with Gasteiger partial charge in [0.05, 0.1) is 18.8 Å². The average Bonchev–Trinajstić information content (AvgIpc) is 2.03. The van der Waals surface area contributed by atoms with E-state index < -0.39 is 5.97 Å². The van der Waals surface area contributed by atoms with E-state index in [1.165, 1.54) is 0 Å². The molecule has 1 N–H and O–H groups in total. The number of carbonyl (C=O) groups is 1. The number of unbranched alkanes of at least 4 members (excludes halogenated alkanes) is 1. The van der Waals surface area contributed by atoms with E-state index in [1.807, 2.05) is 6.92 Å². The predicted molar refractivity (Wildman–Crippen MR) is 42.1 cm³/mol. The fourth-order valence-corrected chi connectivity index (χ4v) is 0.476. The summed E-state index contributed by atoms with van der Waals surface area (Å²) in [4.78, 5) is 10.8. The van der Waals surface area contributed by atoms with E-state index in [1.54, 1.807) is 0 Å². The molecule has 0 rings (SSSR count). The zero-order valence-electron chi connectivity index (χ0n) is 6.80. The Bertz CT molecular complexity index is 140. The largest absolute Gasteiger partial charge is 0.462 e. The Labute approximate surface area is 66.7 Å². The van der Waals surface area contributed by atoms with Crippen LogP contribution in [0, 0.1) is 0 Å². The van der Waals surface area contributed by atoms with Crippen molar-refractivity contribution in [2.24, 2.45) is 0 Å². The van der Waals surface area contributed by atoms with Gasteiger partial charge in [0.2, 0.25) is 0 Å². The van der Waals surface area contributed by atoms with Gasteiger partial charge in [0, 0.05) is 0 Å². The summed E-state index contributed by atoms with van der Waals surface area (Å²) in [5.41, 5.74) is 0.112. The predicted octanol–water partition coefficient (Wildman–Crippen LogP) is 0.878. The van der Waals surface area contributed by atoms with Gasteiger partial charge in [-0.25, -0.2) is 4.79 Å². The second-order valence-electron chi connectivity index (χ2n) is 2.25. The van der Waals surface area contributed by atoms with Crippen LogP contribution in [0.4, 0.5) is 0 Å². The Balaban J connectivity index is 3.44. The standard InChI is InChI=1S/C8H14O3/c1-3-4-5-11-8(10)7(2)6-9/h9H,2-6H2,1H3. The number of hydrogen-bond acceptors (Lipinski definition) is 3. The Hall–Kier alpha value is -0.830. The molecule has 0 radical (unpaired) electrons. The lowest BCUT2D eigenvalue weighted by molar-refractivity contribution is -0.139. The van der Waals surface area contributed by atoms with E-state index in [0.717, 1.165) is 12.8 Å². The normalized spacial score (nSPS) is 9.27. The van der Waals surface area contributed by atoms with Crippen LogP contribution < -0.4 is 0 Å². The third-order valence-electron chi connectivity index (χ3n) is 1.21. The Morgan fingerprint density at radius 1 is 1.64 bits per heavy atom. The van der Waals surface area contributed by atoms with Crippen molar-refractivity contribution in [1.82, 2.24) is 0 Å². The van der Waals surface area contributed by atoms with Crippen molar-refractivity contribution in [1.29, 1.82) is 0 Å². The van der Waals surface area contributed by atoms with E-state index in [4.69, 9.17) is 9.84 Å². The highest BCUT2D eigenvalue weighted by molar-refractivity contribution is 5.87. The highest BCUT2D eigenvalue weighted by Gasteiger charge is 2.05. The molecule has 3 nitrogen and oxygen atoms in total. The van der Waals surface area contributed by atoms with Gasteiger partial charge in [0.25, 0.3) is 0 Å².